The summed E-state index contributed by atoms with van der Waals surface area (Å²) < 4.78 is 0. The second-order valence-corrected chi connectivity index (χ2v) is 5.63. The van der Waals surface area contributed by atoms with Crippen LogP contribution in [0, 0.1) is 6.92 Å². The summed E-state index contributed by atoms with van der Waals surface area (Å²) in [6, 6.07) is 8.40. The van der Waals surface area contributed by atoms with E-state index in [1.54, 1.807) is 0 Å². The van der Waals surface area contributed by atoms with Gasteiger partial charge in [0.1, 0.15) is 5.54 Å². The number of aryl methyl sites for hydroxylation is 2. The van der Waals surface area contributed by atoms with Gasteiger partial charge in [0.15, 0.2) is 0 Å². The molecule has 0 spiro atoms. The Balaban J connectivity index is 1.65. The van der Waals surface area contributed by atoms with E-state index in [0.29, 0.717) is 19.3 Å². The molecule has 1 aliphatic carbocycles. The fourth-order valence-electron chi connectivity index (χ4n) is 2.22. The average molecular weight is 275 g/mol. The molecule has 4 nitrogen and oxygen atoms in total. The number of hydrogen-bond donors (Lipinski definition) is 2. The first-order valence-corrected chi connectivity index (χ1v) is 7.12. The molecule has 1 saturated carbocycles. The maximum Gasteiger partial charge on any atom is 0.329 e. The van der Waals surface area contributed by atoms with Crippen molar-refractivity contribution in [2.45, 2.75) is 51.0 Å². The molecule has 0 unspecified atom stereocenters. The quantitative estimate of drug-likeness (QED) is 0.751. The van der Waals surface area contributed by atoms with Crippen molar-refractivity contribution in [2.75, 3.05) is 0 Å². The molecule has 108 valence electrons. The van der Waals surface area contributed by atoms with Crippen molar-refractivity contribution >= 4 is 11.9 Å². The molecule has 0 heterocycles. The van der Waals surface area contributed by atoms with Crippen molar-refractivity contribution in [3.8, 4) is 0 Å². The Kier molecular flexibility index (Phi) is 4.42. The summed E-state index contributed by atoms with van der Waals surface area (Å²) in [7, 11) is 0. The van der Waals surface area contributed by atoms with E-state index < -0.39 is 11.5 Å². The van der Waals surface area contributed by atoms with Crippen molar-refractivity contribution in [1.29, 1.82) is 0 Å². The molecule has 0 saturated heterocycles. The molecule has 1 aromatic carbocycles. The second-order valence-electron chi connectivity index (χ2n) is 5.63. The van der Waals surface area contributed by atoms with Crippen LogP contribution in [0.25, 0.3) is 0 Å². The first-order chi connectivity index (χ1) is 9.52. The highest BCUT2D eigenvalue weighted by Crippen LogP contribution is 2.35. The van der Waals surface area contributed by atoms with Gasteiger partial charge in [-0.25, -0.2) is 4.79 Å². The number of benzene rings is 1. The third-order valence-electron chi connectivity index (χ3n) is 3.78. The van der Waals surface area contributed by atoms with Crippen molar-refractivity contribution in [3.05, 3.63) is 35.4 Å². The third-order valence-corrected chi connectivity index (χ3v) is 3.78. The van der Waals surface area contributed by atoms with Crippen LogP contribution >= 0.6 is 0 Å². The molecule has 0 atom stereocenters. The molecular weight excluding hydrogens is 254 g/mol. The lowest BCUT2D eigenvalue weighted by Crippen LogP contribution is -2.42. The number of carboxylic acid groups (broad SMARTS) is 1. The Morgan fingerprint density at radius 1 is 1.20 bits per heavy atom. The predicted octanol–water partition coefficient (Wildman–Crippen LogP) is 2.44. The van der Waals surface area contributed by atoms with Crippen LogP contribution in [0.15, 0.2) is 24.3 Å². The van der Waals surface area contributed by atoms with Gasteiger partial charge in [0.05, 0.1) is 0 Å². The first-order valence-electron chi connectivity index (χ1n) is 7.12. The van der Waals surface area contributed by atoms with Crippen LogP contribution in [-0.4, -0.2) is 22.5 Å². The SMILES string of the molecule is Cc1ccc(CCCCC(=O)NC2(C(=O)O)CC2)cc1. The number of carbonyl (C=O) groups excluding carboxylic acids is 1. The van der Waals surface area contributed by atoms with Gasteiger partial charge in [-0.1, -0.05) is 29.8 Å². The molecule has 4 heteroatoms. The number of aliphatic carboxylic acids is 1. The molecule has 1 aromatic rings. The smallest absolute Gasteiger partial charge is 0.329 e. The molecule has 1 aliphatic rings. The minimum Gasteiger partial charge on any atom is -0.480 e. The summed E-state index contributed by atoms with van der Waals surface area (Å²) in [5.41, 5.74) is 1.57. The molecule has 2 N–H and O–H groups in total. The topological polar surface area (TPSA) is 66.4 Å². The second kappa shape index (κ2) is 6.07. The van der Waals surface area contributed by atoms with Gasteiger partial charge in [-0.2, -0.15) is 0 Å². The molecule has 20 heavy (non-hydrogen) atoms. The number of unbranched alkanes of at least 4 members (excludes halogenated alkanes) is 1. The normalized spacial score (nSPS) is 15.7. The van der Waals surface area contributed by atoms with Crippen LogP contribution in [0.2, 0.25) is 0 Å². The van der Waals surface area contributed by atoms with Crippen LogP contribution in [-0.2, 0) is 16.0 Å². The minimum atomic E-state index is -0.950. The van der Waals surface area contributed by atoms with Crippen LogP contribution in [0.4, 0.5) is 0 Å². The largest absolute Gasteiger partial charge is 0.480 e. The summed E-state index contributed by atoms with van der Waals surface area (Å²) in [6.07, 6.45) is 4.19. The summed E-state index contributed by atoms with van der Waals surface area (Å²) in [5, 5.41) is 11.6. The molecule has 1 fully saturated rings. The van der Waals surface area contributed by atoms with Gasteiger partial charge in [0.25, 0.3) is 0 Å². The Labute approximate surface area is 119 Å². The Hall–Kier alpha value is -1.84. The van der Waals surface area contributed by atoms with Crippen molar-refractivity contribution in [2.24, 2.45) is 0 Å². The molecule has 1 amide bonds. The van der Waals surface area contributed by atoms with Crippen molar-refractivity contribution < 1.29 is 14.7 Å². The molecular formula is C16H21NO3. The van der Waals surface area contributed by atoms with Crippen LogP contribution in [0.1, 0.15) is 43.2 Å². The monoisotopic (exact) mass is 275 g/mol. The van der Waals surface area contributed by atoms with Gasteiger partial charge in [-0.3, -0.25) is 4.79 Å². The van der Waals surface area contributed by atoms with Gasteiger partial charge >= 0.3 is 5.97 Å². The zero-order valence-corrected chi connectivity index (χ0v) is 11.8. The zero-order valence-electron chi connectivity index (χ0n) is 11.8. The van der Waals surface area contributed by atoms with Gasteiger partial charge < -0.3 is 10.4 Å². The molecule has 0 radical (unpaired) electrons. The highest BCUT2D eigenvalue weighted by Gasteiger charge is 2.51. The standard InChI is InChI=1S/C16H21NO3/c1-12-6-8-13(9-7-12)4-2-3-5-14(18)17-16(10-11-16)15(19)20/h6-9H,2-5,10-11H2,1H3,(H,17,18)(H,19,20). The van der Waals surface area contributed by atoms with Gasteiger partial charge in [-0.15, -0.1) is 0 Å². The lowest BCUT2D eigenvalue weighted by molar-refractivity contribution is -0.143. The minimum absolute atomic E-state index is 0.145. The van der Waals surface area contributed by atoms with Crippen molar-refractivity contribution in [3.63, 3.8) is 0 Å². The Morgan fingerprint density at radius 3 is 2.40 bits per heavy atom. The van der Waals surface area contributed by atoms with E-state index in [-0.39, 0.29) is 5.91 Å². The van der Waals surface area contributed by atoms with E-state index in [1.165, 1.54) is 11.1 Å². The van der Waals surface area contributed by atoms with E-state index >= 15 is 0 Å². The number of rotatable bonds is 7. The van der Waals surface area contributed by atoms with Crippen LogP contribution in [0.5, 0.6) is 0 Å². The molecule has 0 aromatic heterocycles. The number of hydrogen-bond acceptors (Lipinski definition) is 2. The Bertz CT molecular complexity index is 489. The number of nitrogens with one attached hydrogen (secondary N) is 1. The zero-order chi connectivity index (χ0) is 14.6. The summed E-state index contributed by atoms with van der Waals surface area (Å²) in [5.74, 6) is -1.06. The van der Waals surface area contributed by atoms with E-state index in [0.717, 1.165) is 19.3 Å². The summed E-state index contributed by atoms with van der Waals surface area (Å²) in [6.45, 7) is 2.06. The van der Waals surface area contributed by atoms with Gasteiger partial charge in [0, 0.05) is 6.42 Å². The number of carbonyl (C=O) groups is 2. The molecule has 0 aliphatic heterocycles. The Morgan fingerprint density at radius 2 is 1.85 bits per heavy atom. The van der Waals surface area contributed by atoms with Crippen LogP contribution in [0.3, 0.4) is 0 Å². The first kappa shape index (κ1) is 14.6. The summed E-state index contributed by atoms with van der Waals surface area (Å²) in [4.78, 5) is 22.6. The maximum absolute atomic E-state index is 11.7. The fraction of sp³-hybridized carbons (Fsp3) is 0.500. The van der Waals surface area contributed by atoms with Crippen LogP contribution < -0.4 is 5.32 Å². The van der Waals surface area contributed by atoms with E-state index in [1.807, 2.05) is 0 Å². The van der Waals surface area contributed by atoms with Gasteiger partial charge in [0.2, 0.25) is 5.91 Å². The van der Waals surface area contributed by atoms with Gasteiger partial charge in [-0.05, 0) is 44.6 Å². The average Bonchev–Trinajstić information content (AvgIpc) is 3.18. The highest BCUT2D eigenvalue weighted by atomic mass is 16.4. The number of amides is 1. The van der Waals surface area contributed by atoms with E-state index in [4.69, 9.17) is 5.11 Å². The lowest BCUT2D eigenvalue weighted by atomic mass is 10.1. The maximum atomic E-state index is 11.7. The summed E-state index contributed by atoms with van der Waals surface area (Å²) >= 11 is 0. The van der Waals surface area contributed by atoms with Crippen molar-refractivity contribution in [1.82, 2.24) is 5.32 Å². The highest BCUT2D eigenvalue weighted by molar-refractivity contribution is 5.89. The number of carboxylic acids is 1. The molecule has 0 bridgehead atoms. The lowest BCUT2D eigenvalue weighted by Gasteiger charge is -2.12. The third kappa shape index (κ3) is 3.83. The predicted molar refractivity (Wildman–Crippen MR) is 76.5 cm³/mol. The van der Waals surface area contributed by atoms with E-state index in [9.17, 15) is 9.59 Å². The van der Waals surface area contributed by atoms with E-state index in [2.05, 4.69) is 36.5 Å². The molecule has 2 rings (SSSR count). The fourth-order valence-corrected chi connectivity index (χ4v) is 2.22.